The van der Waals surface area contributed by atoms with Crippen molar-refractivity contribution in [2.24, 2.45) is 0 Å². The fourth-order valence-electron chi connectivity index (χ4n) is 4.17. The lowest BCUT2D eigenvalue weighted by Crippen LogP contribution is -2.46. The Balaban J connectivity index is 1.51. The number of fused-ring (bicyclic) bond motifs is 1. The average Bonchev–Trinajstić information content (AvgIpc) is 2.81. The molecule has 3 N–H and O–H groups in total. The van der Waals surface area contributed by atoms with Crippen LogP contribution in [-0.2, 0) is 4.74 Å². The van der Waals surface area contributed by atoms with Gasteiger partial charge in [-0.2, -0.15) is 5.26 Å². The molecule has 2 fully saturated rings. The minimum atomic E-state index is -0.995. The van der Waals surface area contributed by atoms with Crippen LogP contribution >= 0.6 is 11.9 Å². The van der Waals surface area contributed by atoms with Crippen molar-refractivity contribution in [2.75, 3.05) is 24.6 Å². The van der Waals surface area contributed by atoms with Gasteiger partial charge in [0.15, 0.2) is 6.29 Å². The normalized spacial score (nSPS) is 25.2. The Morgan fingerprint density at radius 1 is 1.13 bits per heavy atom. The molecule has 164 valence electrons. The highest BCUT2D eigenvalue weighted by molar-refractivity contribution is 8.01. The Labute approximate surface area is 187 Å². The molecule has 2 aliphatic heterocycles. The SMILES string of the molecule is C/C(=C(/C#N)SN[C@@H]1CC(O)COC1O)c1ccc2cc(N3CCCCC3)ccc2c1. The highest BCUT2D eigenvalue weighted by Crippen LogP contribution is 2.30. The van der Waals surface area contributed by atoms with Crippen LogP contribution in [0.2, 0.25) is 0 Å². The highest BCUT2D eigenvalue weighted by atomic mass is 32.2. The van der Waals surface area contributed by atoms with Gasteiger partial charge in [0.05, 0.1) is 18.8 Å². The third kappa shape index (κ3) is 5.22. The van der Waals surface area contributed by atoms with Gasteiger partial charge in [-0.25, -0.2) is 0 Å². The molecule has 2 heterocycles. The van der Waals surface area contributed by atoms with Crippen molar-refractivity contribution in [3.63, 3.8) is 0 Å². The van der Waals surface area contributed by atoms with E-state index in [0.29, 0.717) is 11.3 Å². The number of hydrogen-bond donors (Lipinski definition) is 3. The molecule has 0 spiro atoms. The summed E-state index contributed by atoms with van der Waals surface area (Å²) in [6.07, 6.45) is 2.60. The van der Waals surface area contributed by atoms with E-state index in [-0.39, 0.29) is 6.61 Å². The van der Waals surface area contributed by atoms with E-state index in [9.17, 15) is 15.5 Å². The number of anilines is 1. The molecule has 3 atom stereocenters. The van der Waals surface area contributed by atoms with E-state index in [0.717, 1.165) is 29.6 Å². The van der Waals surface area contributed by atoms with Crippen molar-refractivity contribution in [3.8, 4) is 6.07 Å². The van der Waals surface area contributed by atoms with E-state index < -0.39 is 18.4 Å². The van der Waals surface area contributed by atoms with Crippen LogP contribution in [0.15, 0.2) is 41.3 Å². The summed E-state index contributed by atoms with van der Waals surface area (Å²) >= 11 is 1.17. The number of ether oxygens (including phenoxy) is 1. The third-order valence-electron chi connectivity index (χ3n) is 6.06. The Hall–Kier alpha value is -2.08. The van der Waals surface area contributed by atoms with E-state index in [2.05, 4.69) is 52.1 Å². The fourth-order valence-corrected chi connectivity index (χ4v) is 4.97. The largest absolute Gasteiger partial charge is 0.391 e. The number of allylic oxidation sites excluding steroid dienone is 2. The summed E-state index contributed by atoms with van der Waals surface area (Å²) in [6, 6.07) is 14.7. The van der Waals surface area contributed by atoms with Gasteiger partial charge in [0.1, 0.15) is 11.0 Å². The lowest BCUT2D eigenvalue weighted by atomic mass is 10.0. The first-order valence-corrected chi connectivity index (χ1v) is 11.7. The molecule has 0 bridgehead atoms. The van der Waals surface area contributed by atoms with Crippen LogP contribution < -0.4 is 9.62 Å². The van der Waals surface area contributed by atoms with Crippen LogP contribution in [0.25, 0.3) is 16.3 Å². The van der Waals surface area contributed by atoms with E-state index in [4.69, 9.17) is 4.74 Å². The van der Waals surface area contributed by atoms with Gasteiger partial charge >= 0.3 is 0 Å². The molecule has 2 aliphatic rings. The van der Waals surface area contributed by atoms with E-state index in [1.807, 2.05) is 6.92 Å². The second-order valence-electron chi connectivity index (χ2n) is 8.30. The molecular weight excluding hydrogens is 410 g/mol. The topological polar surface area (TPSA) is 88.8 Å². The summed E-state index contributed by atoms with van der Waals surface area (Å²) in [5, 5.41) is 31.7. The van der Waals surface area contributed by atoms with Crippen LogP contribution in [0.5, 0.6) is 0 Å². The summed E-state index contributed by atoms with van der Waals surface area (Å²) in [5.74, 6) is 0. The molecule has 2 aromatic rings. The van der Waals surface area contributed by atoms with Gasteiger partial charge in [-0.05, 0) is 84.7 Å². The molecule has 0 aromatic heterocycles. The van der Waals surface area contributed by atoms with Gasteiger partial charge in [-0.1, -0.05) is 18.2 Å². The van der Waals surface area contributed by atoms with Crippen molar-refractivity contribution >= 4 is 34.0 Å². The number of nitriles is 1. The van der Waals surface area contributed by atoms with Crippen molar-refractivity contribution in [1.29, 1.82) is 5.26 Å². The number of rotatable bonds is 5. The molecule has 2 saturated heterocycles. The van der Waals surface area contributed by atoms with Gasteiger partial charge in [0, 0.05) is 18.8 Å². The van der Waals surface area contributed by atoms with E-state index in [1.54, 1.807) is 0 Å². The Bertz CT molecular complexity index is 997. The van der Waals surface area contributed by atoms with Crippen molar-refractivity contribution in [2.45, 2.75) is 51.0 Å². The fraction of sp³-hybridized carbons (Fsp3) is 0.458. The summed E-state index contributed by atoms with van der Waals surface area (Å²) in [7, 11) is 0. The van der Waals surface area contributed by atoms with Crippen molar-refractivity contribution < 1.29 is 14.9 Å². The standard InChI is InChI=1S/C24H29N3O3S/c1-16(23(14-25)31-26-22-13-21(28)15-30-24(22)29)17-5-6-19-12-20(8-7-18(19)11-17)27-9-3-2-4-10-27/h5-8,11-12,21-22,24,26,28-29H,2-4,9-10,13,15H2,1H3/b23-16+/t21?,22-,24?/m1/s1. The van der Waals surface area contributed by atoms with E-state index in [1.165, 1.54) is 42.3 Å². The lowest BCUT2D eigenvalue weighted by molar-refractivity contribution is -0.168. The van der Waals surface area contributed by atoms with Gasteiger partial charge in [0.2, 0.25) is 0 Å². The Morgan fingerprint density at radius 3 is 2.65 bits per heavy atom. The molecule has 2 aromatic carbocycles. The molecule has 0 aliphatic carbocycles. The zero-order valence-corrected chi connectivity index (χ0v) is 18.6. The smallest absolute Gasteiger partial charge is 0.171 e. The number of hydrogen-bond acceptors (Lipinski definition) is 7. The zero-order chi connectivity index (χ0) is 21.8. The maximum absolute atomic E-state index is 9.95. The summed E-state index contributed by atoms with van der Waals surface area (Å²) in [5.41, 5.74) is 3.14. The number of nitrogens with one attached hydrogen (secondary N) is 1. The first-order chi connectivity index (χ1) is 15.0. The number of aliphatic hydroxyl groups is 2. The minimum absolute atomic E-state index is 0.126. The van der Waals surface area contributed by atoms with Crippen LogP contribution in [0.1, 0.15) is 38.2 Å². The van der Waals surface area contributed by atoms with Crippen molar-refractivity contribution in [1.82, 2.24) is 4.72 Å². The monoisotopic (exact) mass is 439 g/mol. The average molecular weight is 440 g/mol. The van der Waals surface area contributed by atoms with Gasteiger partial charge in [-0.15, -0.1) is 0 Å². The maximum atomic E-state index is 9.95. The van der Waals surface area contributed by atoms with Crippen LogP contribution in [-0.4, -0.2) is 48.3 Å². The number of benzene rings is 2. The predicted octanol–water partition coefficient (Wildman–Crippen LogP) is 3.79. The van der Waals surface area contributed by atoms with Gasteiger partial charge in [-0.3, -0.25) is 4.72 Å². The van der Waals surface area contributed by atoms with Crippen LogP contribution in [0.3, 0.4) is 0 Å². The second-order valence-corrected chi connectivity index (χ2v) is 9.15. The molecule has 0 saturated carbocycles. The van der Waals surface area contributed by atoms with Crippen molar-refractivity contribution in [3.05, 3.63) is 46.9 Å². The molecule has 0 amide bonds. The molecule has 6 nitrogen and oxygen atoms in total. The summed E-state index contributed by atoms with van der Waals surface area (Å²) in [6.45, 7) is 4.30. The Morgan fingerprint density at radius 2 is 1.87 bits per heavy atom. The first-order valence-electron chi connectivity index (χ1n) is 10.9. The molecule has 31 heavy (non-hydrogen) atoms. The Kier molecular flexibility index (Phi) is 7.16. The summed E-state index contributed by atoms with van der Waals surface area (Å²) < 4.78 is 8.22. The predicted molar refractivity (Wildman–Crippen MR) is 125 cm³/mol. The number of aliphatic hydroxyl groups excluding tert-OH is 2. The number of nitrogens with zero attached hydrogens (tertiary/aromatic N) is 2. The van der Waals surface area contributed by atoms with E-state index >= 15 is 0 Å². The maximum Gasteiger partial charge on any atom is 0.171 e. The zero-order valence-electron chi connectivity index (χ0n) is 17.8. The molecule has 7 heteroatoms. The molecule has 4 rings (SSSR count). The summed E-state index contributed by atoms with van der Waals surface area (Å²) in [4.78, 5) is 2.98. The molecule has 0 radical (unpaired) electrons. The minimum Gasteiger partial charge on any atom is -0.391 e. The first kappa shape index (κ1) is 22.1. The molecular formula is C24H29N3O3S. The van der Waals surface area contributed by atoms with Crippen LogP contribution in [0.4, 0.5) is 5.69 Å². The van der Waals surface area contributed by atoms with Gasteiger partial charge < -0.3 is 19.8 Å². The number of piperidine rings is 1. The van der Waals surface area contributed by atoms with Gasteiger partial charge in [0.25, 0.3) is 0 Å². The molecule has 2 unspecified atom stereocenters. The quantitative estimate of drug-likeness (QED) is 0.482. The second kappa shape index (κ2) is 10.0. The highest BCUT2D eigenvalue weighted by Gasteiger charge is 2.29. The van der Waals surface area contributed by atoms with Crippen LogP contribution in [0, 0.1) is 11.3 Å². The lowest BCUT2D eigenvalue weighted by Gasteiger charge is -2.31. The third-order valence-corrected chi connectivity index (χ3v) is 7.08.